The Morgan fingerprint density at radius 1 is 1.47 bits per heavy atom. The fourth-order valence-corrected chi connectivity index (χ4v) is 2.24. The van der Waals surface area contributed by atoms with Crippen molar-refractivity contribution < 1.29 is 13.2 Å². The van der Waals surface area contributed by atoms with Crippen molar-refractivity contribution in [3.8, 4) is 0 Å². The van der Waals surface area contributed by atoms with E-state index >= 15 is 0 Å². The second-order valence-electron chi connectivity index (χ2n) is 4.48. The molecule has 19 heavy (non-hydrogen) atoms. The summed E-state index contributed by atoms with van der Waals surface area (Å²) in [7, 11) is -3.12. The minimum absolute atomic E-state index is 0.0876. The van der Waals surface area contributed by atoms with Gasteiger partial charge < -0.3 is 11.1 Å². The van der Waals surface area contributed by atoms with Crippen LogP contribution in [-0.2, 0) is 14.6 Å². The Hall–Kier alpha value is -1.11. The molecule has 1 amide bonds. The summed E-state index contributed by atoms with van der Waals surface area (Å²) in [6.45, 7) is 1.85. The number of nitrogens with two attached hydrogens (primary N) is 1. The molecule has 0 aliphatic rings. The molecule has 0 radical (unpaired) electrons. The summed E-state index contributed by atoms with van der Waals surface area (Å²) in [5.41, 5.74) is 7.07. The molecule has 0 aromatic heterocycles. The monoisotopic (exact) mass is 304 g/mol. The number of rotatable bonds is 5. The molecule has 0 saturated heterocycles. The van der Waals surface area contributed by atoms with Gasteiger partial charge in [0, 0.05) is 17.0 Å². The van der Waals surface area contributed by atoms with Crippen LogP contribution in [0, 0.1) is 6.92 Å². The van der Waals surface area contributed by atoms with Crippen LogP contribution in [-0.4, -0.2) is 32.4 Å². The Balaban J connectivity index is 2.61. The van der Waals surface area contributed by atoms with E-state index < -0.39 is 21.8 Å². The molecule has 0 spiro atoms. The number of aryl methyl sites for hydroxylation is 1. The fourth-order valence-electron chi connectivity index (χ4n) is 1.38. The second kappa shape index (κ2) is 6.36. The lowest BCUT2D eigenvalue weighted by Crippen LogP contribution is -2.37. The van der Waals surface area contributed by atoms with E-state index in [9.17, 15) is 13.2 Å². The molecule has 1 rings (SSSR count). The van der Waals surface area contributed by atoms with Gasteiger partial charge in [-0.25, -0.2) is 8.42 Å². The molecule has 0 bridgehead atoms. The first-order valence-electron chi connectivity index (χ1n) is 5.69. The van der Waals surface area contributed by atoms with Gasteiger partial charge in [-0.2, -0.15) is 0 Å². The Labute approximate surface area is 118 Å². The predicted molar refractivity (Wildman–Crippen MR) is 77.1 cm³/mol. The number of benzene rings is 1. The lowest BCUT2D eigenvalue weighted by Gasteiger charge is -2.12. The fraction of sp³-hybridized carbons (Fsp3) is 0.417. The van der Waals surface area contributed by atoms with Crippen LogP contribution < -0.4 is 11.1 Å². The Morgan fingerprint density at radius 2 is 2.11 bits per heavy atom. The van der Waals surface area contributed by atoms with Crippen molar-refractivity contribution in [2.75, 3.05) is 17.3 Å². The van der Waals surface area contributed by atoms with E-state index in [-0.39, 0.29) is 12.2 Å². The maximum Gasteiger partial charge on any atom is 0.241 e. The van der Waals surface area contributed by atoms with E-state index in [0.717, 1.165) is 11.8 Å². The first-order chi connectivity index (χ1) is 8.69. The van der Waals surface area contributed by atoms with Crippen LogP contribution in [0.1, 0.15) is 12.0 Å². The number of sulfone groups is 1. The minimum Gasteiger partial charge on any atom is -0.325 e. The molecule has 0 saturated carbocycles. The lowest BCUT2D eigenvalue weighted by molar-refractivity contribution is -0.117. The van der Waals surface area contributed by atoms with Gasteiger partial charge >= 0.3 is 0 Å². The first-order valence-corrected chi connectivity index (χ1v) is 8.13. The van der Waals surface area contributed by atoms with Gasteiger partial charge in [0.1, 0.15) is 9.84 Å². The molecular formula is C12H17ClN2O3S. The smallest absolute Gasteiger partial charge is 0.241 e. The van der Waals surface area contributed by atoms with E-state index in [1.54, 1.807) is 18.2 Å². The van der Waals surface area contributed by atoms with Crippen LogP contribution in [0.25, 0.3) is 0 Å². The van der Waals surface area contributed by atoms with Crippen LogP contribution >= 0.6 is 11.6 Å². The predicted octanol–water partition coefficient (Wildman–Crippen LogP) is 1.35. The molecule has 0 fully saturated rings. The average Bonchev–Trinajstić information content (AvgIpc) is 2.29. The van der Waals surface area contributed by atoms with E-state index in [0.29, 0.717) is 10.7 Å². The van der Waals surface area contributed by atoms with Crippen molar-refractivity contribution in [2.45, 2.75) is 19.4 Å². The largest absolute Gasteiger partial charge is 0.325 e. The Kier molecular flexibility index (Phi) is 5.34. The van der Waals surface area contributed by atoms with Crippen LogP contribution in [0.2, 0.25) is 5.02 Å². The SMILES string of the molecule is Cc1ccc(NC(=O)C(N)CCS(C)(=O)=O)cc1Cl. The van der Waals surface area contributed by atoms with Gasteiger partial charge in [-0.15, -0.1) is 0 Å². The van der Waals surface area contributed by atoms with E-state index in [2.05, 4.69) is 5.32 Å². The van der Waals surface area contributed by atoms with Crippen molar-refractivity contribution in [2.24, 2.45) is 5.73 Å². The highest BCUT2D eigenvalue weighted by Crippen LogP contribution is 2.20. The maximum absolute atomic E-state index is 11.8. The summed E-state index contributed by atoms with van der Waals surface area (Å²) in [6.07, 6.45) is 1.20. The second-order valence-corrected chi connectivity index (χ2v) is 7.15. The van der Waals surface area contributed by atoms with Gasteiger partial charge in [0.05, 0.1) is 11.8 Å². The van der Waals surface area contributed by atoms with E-state index in [1.165, 1.54) is 0 Å². The molecule has 1 aromatic rings. The number of carbonyl (C=O) groups is 1. The Morgan fingerprint density at radius 3 is 2.63 bits per heavy atom. The zero-order valence-corrected chi connectivity index (χ0v) is 12.4. The van der Waals surface area contributed by atoms with E-state index in [4.69, 9.17) is 17.3 Å². The van der Waals surface area contributed by atoms with Crippen molar-refractivity contribution >= 4 is 33.0 Å². The molecule has 5 nitrogen and oxygen atoms in total. The number of nitrogens with one attached hydrogen (secondary N) is 1. The molecule has 0 aliphatic carbocycles. The van der Waals surface area contributed by atoms with Crippen LogP contribution in [0.15, 0.2) is 18.2 Å². The summed E-state index contributed by atoms with van der Waals surface area (Å²) in [5.74, 6) is -0.542. The molecule has 1 unspecified atom stereocenters. The third-order valence-electron chi connectivity index (χ3n) is 2.58. The minimum atomic E-state index is -3.12. The summed E-state index contributed by atoms with van der Waals surface area (Å²) >= 11 is 5.94. The summed E-state index contributed by atoms with van der Waals surface area (Å²) < 4.78 is 22.0. The zero-order chi connectivity index (χ0) is 14.6. The molecule has 0 aliphatic heterocycles. The molecule has 106 valence electrons. The van der Waals surface area contributed by atoms with Crippen LogP contribution in [0.4, 0.5) is 5.69 Å². The molecule has 1 atom stereocenters. The molecule has 0 heterocycles. The first kappa shape index (κ1) is 15.9. The highest BCUT2D eigenvalue weighted by Gasteiger charge is 2.16. The summed E-state index contributed by atoms with van der Waals surface area (Å²) in [4.78, 5) is 11.8. The molecular weight excluding hydrogens is 288 g/mol. The normalized spacial score (nSPS) is 13.1. The molecule has 1 aromatic carbocycles. The summed E-state index contributed by atoms with van der Waals surface area (Å²) in [5, 5.41) is 3.15. The van der Waals surface area contributed by atoms with Crippen molar-refractivity contribution in [3.63, 3.8) is 0 Å². The maximum atomic E-state index is 11.8. The summed E-state index contributed by atoms with van der Waals surface area (Å²) in [6, 6.07) is 4.25. The average molecular weight is 305 g/mol. The number of amides is 1. The van der Waals surface area contributed by atoms with Crippen molar-refractivity contribution in [1.29, 1.82) is 0 Å². The van der Waals surface area contributed by atoms with Gasteiger partial charge in [0.15, 0.2) is 0 Å². The number of carbonyl (C=O) groups excluding carboxylic acids is 1. The molecule has 3 N–H and O–H groups in total. The van der Waals surface area contributed by atoms with Gasteiger partial charge in [0.2, 0.25) is 5.91 Å². The third kappa shape index (κ3) is 5.59. The number of hydrogen-bond acceptors (Lipinski definition) is 4. The van der Waals surface area contributed by atoms with Crippen LogP contribution in [0.3, 0.4) is 0 Å². The standard InChI is InChI=1S/C12H17ClN2O3S/c1-8-3-4-9(7-10(8)13)15-12(16)11(14)5-6-19(2,17)18/h3-4,7,11H,5-6,14H2,1-2H3,(H,15,16). The van der Waals surface area contributed by atoms with Gasteiger partial charge in [0.25, 0.3) is 0 Å². The number of hydrogen-bond donors (Lipinski definition) is 2. The lowest BCUT2D eigenvalue weighted by atomic mass is 10.2. The van der Waals surface area contributed by atoms with Gasteiger partial charge in [-0.1, -0.05) is 17.7 Å². The quantitative estimate of drug-likeness (QED) is 0.859. The number of anilines is 1. The zero-order valence-electron chi connectivity index (χ0n) is 10.8. The number of halogens is 1. The van der Waals surface area contributed by atoms with Gasteiger partial charge in [-0.3, -0.25) is 4.79 Å². The highest BCUT2D eigenvalue weighted by atomic mass is 35.5. The molecule has 7 heteroatoms. The van der Waals surface area contributed by atoms with E-state index in [1.807, 2.05) is 6.92 Å². The topological polar surface area (TPSA) is 89.3 Å². The van der Waals surface area contributed by atoms with Gasteiger partial charge in [-0.05, 0) is 31.0 Å². The van der Waals surface area contributed by atoms with Crippen LogP contribution in [0.5, 0.6) is 0 Å². The highest BCUT2D eigenvalue weighted by molar-refractivity contribution is 7.90. The van der Waals surface area contributed by atoms with Crippen molar-refractivity contribution in [1.82, 2.24) is 0 Å². The Bertz CT molecular complexity index is 572. The third-order valence-corrected chi connectivity index (χ3v) is 3.96. The van der Waals surface area contributed by atoms with Crippen molar-refractivity contribution in [3.05, 3.63) is 28.8 Å².